The molecule has 4 saturated carbocycles. The second-order valence-electron chi connectivity index (χ2n) is 15.8. The van der Waals surface area contributed by atoms with Crippen LogP contribution in [0, 0.1) is 23.2 Å². The Kier molecular flexibility index (Phi) is 10.5. The smallest absolute Gasteiger partial charge is 0.311 e. The predicted octanol–water partition coefficient (Wildman–Crippen LogP) is 5.98. The number of likely N-dealkylation sites (N-methyl/N-ethyl adjacent to an activating group) is 1. The summed E-state index contributed by atoms with van der Waals surface area (Å²) in [6.45, 7) is 16.0. The van der Waals surface area contributed by atoms with E-state index < -0.39 is 21.6 Å². The minimum absolute atomic E-state index is 0.255. The first kappa shape index (κ1) is 34.0. The molecule has 4 aliphatic carbocycles. The Balaban J connectivity index is 1.77. The minimum Gasteiger partial charge on any atom is -0.464 e. The van der Waals surface area contributed by atoms with Crippen LogP contribution < -0.4 is 0 Å². The van der Waals surface area contributed by atoms with E-state index in [4.69, 9.17) is 14.2 Å². The van der Waals surface area contributed by atoms with Crippen LogP contribution >= 0.6 is 0 Å². The number of hydrogen-bond donors (Lipinski definition) is 0. The van der Waals surface area contributed by atoms with Crippen LogP contribution in [0.2, 0.25) is 23.3 Å². The average molecular weight is 571 g/mol. The van der Waals surface area contributed by atoms with Crippen molar-refractivity contribution in [3.8, 4) is 0 Å². The molecule has 4 bridgehead atoms. The van der Waals surface area contributed by atoms with Gasteiger partial charge in [-0.2, -0.15) is 0 Å². The second-order valence-corrected chi connectivity index (χ2v) is 15.8. The fraction of sp³-hybridized carbons (Fsp3) is 0.906. The van der Waals surface area contributed by atoms with Crippen molar-refractivity contribution in [1.82, 2.24) is 4.90 Å². The molecule has 2 radical (unpaired) electrons. The van der Waals surface area contributed by atoms with Gasteiger partial charge in [-0.1, -0.05) is 47.3 Å². The summed E-state index contributed by atoms with van der Waals surface area (Å²) in [5.41, 5.74) is -1.80. The summed E-state index contributed by atoms with van der Waals surface area (Å²) >= 11 is 0. The van der Waals surface area contributed by atoms with E-state index in [0.29, 0.717) is 50.0 Å². The third kappa shape index (κ3) is 8.76. The highest BCUT2D eigenvalue weighted by Crippen LogP contribution is 2.58. The molecule has 41 heavy (non-hydrogen) atoms. The van der Waals surface area contributed by atoms with Crippen molar-refractivity contribution in [1.29, 1.82) is 0 Å². The molecule has 4 rings (SSSR count). The van der Waals surface area contributed by atoms with E-state index >= 15 is 0 Å². The molecule has 2 unspecified atom stereocenters. The molecule has 0 aliphatic heterocycles. The zero-order chi connectivity index (χ0) is 30.9. The van der Waals surface area contributed by atoms with Crippen LogP contribution in [0.1, 0.15) is 100 Å². The van der Waals surface area contributed by atoms with E-state index in [1.165, 1.54) is 19.3 Å². The molecule has 0 aromatic carbocycles. The van der Waals surface area contributed by atoms with Crippen LogP contribution in [-0.4, -0.2) is 75.8 Å². The Morgan fingerprint density at radius 2 is 1.29 bits per heavy atom. The van der Waals surface area contributed by atoms with Gasteiger partial charge < -0.3 is 19.1 Å². The summed E-state index contributed by atoms with van der Waals surface area (Å²) in [6, 6.07) is 0. The summed E-state index contributed by atoms with van der Waals surface area (Å²) in [5.74, 6) is 1.12. The summed E-state index contributed by atoms with van der Waals surface area (Å²) < 4.78 is 17.9. The van der Waals surface area contributed by atoms with Gasteiger partial charge in [-0.25, -0.2) is 0 Å². The predicted molar refractivity (Wildman–Crippen MR) is 164 cm³/mol. The Bertz CT molecular complexity index is 925. The summed E-state index contributed by atoms with van der Waals surface area (Å²) in [5, 5.41) is -1.86. The highest BCUT2D eigenvalue weighted by Gasteiger charge is 2.55. The highest BCUT2D eigenvalue weighted by molar-refractivity contribution is 6.54. The van der Waals surface area contributed by atoms with E-state index in [1.807, 2.05) is 88.9 Å². The van der Waals surface area contributed by atoms with Gasteiger partial charge in [-0.15, -0.1) is 0 Å². The third-order valence-corrected chi connectivity index (χ3v) is 9.72. The monoisotopic (exact) mass is 571 g/mol. The van der Waals surface area contributed by atoms with E-state index in [2.05, 4.69) is 0 Å². The lowest BCUT2D eigenvalue weighted by Crippen LogP contribution is -2.54. The van der Waals surface area contributed by atoms with Gasteiger partial charge in [0, 0.05) is 17.2 Å². The van der Waals surface area contributed by atoms with Crippen molar-refractivity contribution in [2.24, 2.45) is 23.2 Å². The Hall–Kier alpha value is -1.50. The first-order valence-electron chi connectivity index (χ1n) is 15.8. The Morgan fingerprint density at radius 3 is 1.76 bits per heavy atom. The van der Waals surface area contributed by atoms with Crippen LogP contribution in [0.25, 0.3) is 0 Å². The van der Waals surface area contributed by atoms with Crippen molar-refractivity contribution in [3.05, 3.63) is 0 Å². The number of rotatable bonds is 14. The van der Waals surface area contributed by atoms with E-state index in [-0.39, 0.29) is 23.5 Å². The zero-order valence-corrected chi connectivity index (χ0v) is 27.6. The maximum absolute atomic E-state index is 14.2. The van der Waals surface area contributed by atoms with Crippen molar-refractivity contribution < 1.29 is 28.6 Å². The lowest BCUT2D eigenvalue weighted by molar-refractivity contribution is -0.189. The number of carbonyl (C=O) groups is 3. The molecule has 4 aliphatic rings. The fourth-order valence-corrected chi connectivity index (χ4v) is 6.99. The first-order chi connectivity index (χ1) is 18.8. The molecule has 0 amide bonds. The van der Waals surface area contributed by atoms with Gasteiger partial charge in [0.05, 0.1) is 5.41 Å². The number of hydrogen-bond acceptors (Lipinski definition) is 7. The van der Waals surface area contributed by atoms with Crippen LogP contribution in [-0.2, 0) is 28.6 Å². The van der Waals surface area contributed by atoms with Gasteiger partial charge in [-0.3, -0.25) is 14.4 Å². The molecule has 0 heterocycles. The maximum atomic E-state index is 14.2. The van der Waals surface area contributed by atoms with Gasteiger partial charge >= 0.3 is 17.9 Å². The van der Waals surface area contributed by atoms with Gasteiger partial charge in [0.2, 0.25) is 0 Å². The molecule has 2 atom stereocenters. The lowest BCUT2D eigenvalue weighted by atomic mass is 9.37. The largest absolute Gasteiger partial charge is 0.464 e. The van der Waals surface area contributed by atoms with Crippen LogP contribution in [0.15, 0.2) is 0 Å². The van der Waals surface area contributed by atoms with Gasteiger partial charge in [0.1, 0.15) is 32.4 Å². The van der Waals surface area contributed by atoms with Crippen LogP contribution in [0.3, 0.4) is 0 Å². The lowest BCUT2D eigenvalue weighted by Gasteiger charge is -2.56. The molecule has 4 fully saturated rings. The summed E-state index contributed by atoms with van der Waals surface area (Å²) in [7, 11) is 7.75. The minimum atomic E-state index is -1.01. The molecule has 9 heteroatoms. The molecule has 0 N–H and O–H groups in total. The normalized spacial score (nSPS) is 28.4. The zero-order valence-electron chi connectivity index (χ0n) is 27.6. The molecular formula is C32H55B2NO6. The number of ether oxygens (including phenoxy) is 3. The van der Waals surface area contributed by atoms with Crippen molar-refractivity contribution in [2.45, 2.75) is 135 Å². The summed E-state index contributed by atoms with van der Waals surface area (Å²) in [6.07, 6.45) is 7.89. The van der Waals surface area contributed by atoms with Crippen molar-refractivity contribution in [2.75, 3.05) is 27.2 Å². The van der Waals surface area contributed by atoms with Gasteiger partial charge in [-0.05, 0) is 97.6 Å². The first-order valence-corrected chi connectivity index (χ1v) is 15.8. The van der Waals surface area contributed by atoms with Crippen molar-refractivity contribution >= 4 is 32.5 Å². The topological polar surface area (TPSA) is 82.1 Å². The number of carbonyl (C=O) groups excluding carboxylic acids is 3. The molecule has 230 valence electrons. The maximum Gasteiger partial charge on any atom is 0.311 e. The second kappa shape index (κ2) is 12.6. The third-order valence-electron chi connectivity index (χ3n) is 9.72. The average Bonchev–Trinajstić information content (AvgIpc) is 2.83. The van der Waals surface area contributed by atoms with Gasteiger partial charge in [0.25, 0.3) is 0 Å². The number of nitrogens with zero attached hydrogens (tertiary/aromatic N) is 1. The van der Waals surface area contributed by atoms with E-state index in [1.54, 1.807) is 0 Å². The molecule has 0 spiro atoms. The Labute approximate surface area is 251 Å². The highest BCUT2D eigenvalue weighted by atomic mass is 16.6. The number of esters is 3. The molecule has 0 saturated heterocycles. The standard InChI is InChI=1S/C32H55B2NO6/c1-11-30(7,26(37)39-13-12-35(9)10)34-21-31(8,33-20-29(5,6)25(36)40-28(2,3)4)27(38)41-32-17-22-14-23(18-32)16-24(15-22)19-32/h22-24H,11-21H2,1-10H3. The molecule has 0 aromatic rings. The quantitative estimate of drug-likeness (QED) is 0.144. The fourth-order valence-electron chi connectivity index (χ4n) is 6.99. The van der Waals surface area contributed by atoms with Gasteiger partial charge in [0.15, 0.2) is 0 Å². The van der Waals surface area contributed by atoms with E-state index in [9.17, 15) is 14.4 Å². The van der Waals surface area contributed by atoms with Crippen LogP contribution in [0.4, 0.5) is 0 Å². The Morgan fingerprint density at radius 1 is 0.780 bits per heavy atom. The SMILES string of the molecule is CCC(C)([B]CC(C)([B]CC(C)(C)C(=O)OC(C)(C)C)C(=O)OC12CC3CC(CC(C3)C1)C2)C(=O)OCCN(C)C. The summed E-state index contributed by atoms with van der Waals surface area (Å²) in [4.78, 5) is 42.3. The molecule has 0 aromatic heterocycles. The molecule has 7 nitrogen and oxygen atoms in total. The molecular weight excluding hydrogens is 516 g/mol. The van der Waals surface area contributed by atoms with E-state index in [0.717, 1.165) is 19.3 Å². The van der Waals surface area contributed by atoms with Crippen LogP contribution in [0.5, 0.6) is 0 Å². The van der Waals surface area contributed by atoms with Crippen molar-refractivity contribution in [3.63, 3.8) is 0 Å².